The average Bonchev–Trinajstić information content (AvgIpc) is 3.17. The minimum atomic E-state index is 0.371. The number of rotatable bonds is 6. The van der Waals surface area contributed by atoms with Crippen LogP contribution in [0.1, 0.15) is 26.7 Å². The van der Waals surface area contributed by atoms with E-state index in [2.05, 4.69) is 39.5 Å². The van der Waals surface area contributed by atoms with Crippen LogP contribution < -0.4 is 21.5 Å². The van der Waals surface area contributed by atoms with Gasteiger partial charge in [-0.2, -0.15) is 15.0 Å². The van der Waals surface area contributed by atoms with Gasteiger partial charge in [0, 0.05) is 20.6 Å². The van der Waals surface area contributed by atoms with E-state index < -0.39 is 0 Å². The van der Waals surface area contributed by atoms with Crippen molar-refractivity contribution in [2.45, 2.75) is 26.7 Å². The summed E-state index contributed by atoms with van der Waals surface area (Å²) in [5.41, 5.74) is 2.87. The Bertz CT molecular complexity index is 440. The summed E-state index contributed by atoms with van der Waals surface area (Å²) in [5.74, 6) is 7.57. The van der Waals surface area contributed by atoms with Crippen LogP contribution in [0.2, 0.25) is 0 Å². The van der Waals surface area contributed by atoms with Crippen molar-refractivity contribution < 1.29 is 0 Å². The molecule has 0 bridgehead atoms. The molecule has 0 saturated heterocycles. The topological polar surface area (TPSA) is 92.0 Å². The molecule has 7 nitrogen and oxygen atoms in total. The van der Waals surface area contributed by atoms with Crippen LogP contribution in [-0.2, 0) is 0 Å². The number of nitrogens with one attached hydrogen (secondary N) is 2. The lowest BCUT2D eigenvalue weighted by atomic mass is 9.92. The fourth-order valence-corrected chi connectivity index (χ4v) is 2.08. The summed E-state index contributed by atoms with van der Waals surface area (Å²) in [6.45, 7) is 5.42. The monoisotopic (exact) mass is 265 g/mol. The third-order valence-corrected chi connectivity index (χ3v) is 3.87. The van der Waals surface area contributed by atoms with Crippen molar-refractivity contribution in [3.05, 3.63) is 0 Å². The predicted molar refractivity (Wildman–Crippen MR) is 77.0 cm³/mol. The normalized spacial score (nSPS) is 16.3. The van der Waals surface area contributed by atoms with Crippen molar-refractivity contribution in [3.63, 3.8) is 0 Å². The number of aromatic nitrogens is 3. The minimum Gasteiger partial charge on any atom is -0.353 e. The highest BCUT2D eigenvalue weighted by molar-refractivity contribution is 5.42. The second-order valence-corrected chi connectivity index (χ2v) is 5.69. The van der Waals surface area contributed by atoms with Gasteiger partial charge in [-0.15, -0.1) is 0 Å². The fourth-order valence-electron chi connectivity index (χ4n) is 2.08. The molecular formula is C12H23N7. The van der Waals surface area contributed by atoms with E-state index in [1.165, 1.54) is 12.8 Å². The number of anilines is 3. The zero-order chi connectivity index (χ0) is 14.0. The van der Waals surface area contributed by atoms with E-state index in [1.54, 1.807) is 0 Å². The maximum absolute atomic E-state index is 5.38. The molecule has 1 fully saturated rings. The fraction of sp³-hybridized carbons (Fsp3) is 0.750. The van der Waals surface area contributed by atoms with E-state index in [-0.39, 0.29) is 0 Å². The molecule has 19 heavy (non-hydrogen) atoms. The second kappa shape index (κ2) is 5.16. The van der Waals surface area contributed by atoms with Crippen LogP contribution >= 0.6 is 0 Å². The van der Waals surface area contributed by atoms with Crippen molar-refractivity contribution in [2.75, 3.05) is 36.3 Å². The van der Waals surface area contributed by atoms with E-state index in [0.29, 0.717) is 29.2 Å². The van der Waals surface area contributed by atoms with Gasteiger partial charge >= 0.3 is 0 Å². The maximum atomic E-state index is 5.38. The number of nitrogens with two attached hydrogens (primary N) is 1. The molecule has 1 aliphatic rings. The summed E-state index contributed by atoms with van der Waals surface area (Å²) < 4.78 is 0. The predicted octanol–water partition coefficient (Wildman–Crippen LogP) is 1.07. The Balaban J connectivity index is 2.09. The van der Waals surface area contributed by atoms with E-state index in [0.717, 1.165) is 6.54 Å². The summed E-state index contributed by atoms with van der Waals surface area (Å²) in [4.78, 5) is 14.6. The first-order valence-electron chi connectivity index (χ1n) is 6.61. The van der Waals surface area contributed by atoms with Crippen molar-refractivity contribution in [1.82, 2.24) is 15.0 Å². The molecule has 2 rings (SSSR count). The van der Waals surface area contributed by atoms with E-state index in [4.69, 9.17) is 5.84 Å². The van der Waals surface area contributed by atoms with Crippen LogP contribution in [0.4, 0.5) is 17.8 Å². The van der Waals surface area contributed by atoms with Crippen molar-refractivity contribution in [2.24, 2.45) is 17.2 Å². The van der Waals surface area contributed by atoms with E-state index >= 15 is 0 Å². The number of nitrogen functional groups attached to an aromatic ring is 1. The second-order valence-electron chi connectivity index (χ2n) is 5.69. The highest BCUT2D eigenvalue weighted by Crippen LogP contribution is 2.51. The van der Waals surface area contributed by atoms with Gasteiger partial charge in [0.2, 0.25) is 17.8 Å². The first-order valence-corrected chi connectivity index (χ1v) is 6.61. The average molecular weight is 265 g/mol. The Morgan fingerprint density at radius 3 is 2.32 bits per heavy atom. The van der Waals surface area contributed by atoms with Crippen molar-refractivity contribution in [1.29, 1.82) is 0 Å². The molecule has 1 aliphatic carbocycles. The van der Waals surface area contributed by atoms with Gasteiger partial charge < -0.3 is 10.2 Å². The third-order valence-electron chi connectivity index (χ3n) is 3.87. The lowest BCUT2D eigenvalue weighted by molar-refractivity contribution is 0.379. The molecule has 1 saturated carbocycles. The highest BCUT2D eigenvalue weighted by Gasteiger charge is 2.45. The number of hydrazine groups is 1. The highest BCUT2D eigenvalue weighted by atomic mass is 15.4. The molecule has 0 aromatic carbocycles. The van der Waals surface area contributed by atoms with E-state index in [9.17, 15) is 0 Å². The van der Waals surface area contributed by atoms with Gasteiger partial charge in [0.05, 0.1) is 0 Å². The van der Waals surface area contributed by atoms with E-state index in [1.807, 2.05) is 19.0 Å². The Morgan fingerprint density at radius 2 is 1.84 bits per heavy atom. The Labute approximate surface area is 114 Å². The molecular weight excluding hydrogens is 242 g/mol. The number of nitrogens with zero attached hydrogens (tertiary/aromatic N) is 4. The van der Waals surface area contributed by atoms with Crippen LogP contribution in [-0.4, -0.2) is 35.6 Å². The number of hydrogen-bond donors (Lipinski definition) is 3. The van der Waals surface area contributed by atoms with Crippen molar-refractivity contribution >= 4 is 17.8 Å². The van der Waals surface area contributed by atoms with Gasteiger partial charge in [-0.25, -0.2) is 5.84 Å². The molecule has 1 heterocycles. The largest absolute Gasteiger partial charge is 0.353 e. The van der Waals surface area contributed by atoms with Gasteiger partial charge in [0.15, 0.2) is 0 Å². The molecule has 4 N–H and O–H groups in total. The lowest BCUT2D eigenvalue weighted by Gasteiger charge is -2.20. The van der Waals surface area contributed by atoms with Crippen LogP contribution in [0, 0.1) is 11.3 Å². The molecule has 1 aromatic rings. The Morgan fingerprint density at radius 1 is 1.21 bits per heavy atom. The molecule has 106 valence electrons. The van der Waals surface area contributed by atoms with Crippen LogP contribution in [0.5, 0.6) is 0 Å². The third kappa shape index (κ3) is 3.04. The number of hydrogen-bond acceptors (Lipinski definition) is 7. The standard InChI is InChI=1S/C12H23N7/c1-8(2)12(5-6-12)7-14-9-15-10(18-13)17-11(16-9)19(3)4/h8H,5-7,13H2,1-4H3,(H2,14,15,16,17,18). The van der Waals surface area contributed by atoms with Crippen LogP contribution in [0.25, 0.3) is 0 Å². The Kier molecular flexibility index (Phi) is 3.75. The molecule has 0 aliphatic heterocycles. The van der Waals surface area contributed by atoms with Crippen LogP contribution in [0.3, 0.4) is 0 Å². The van der Waals surface area contributed by atoms with Gasteiger partial charge in [0.1, 0.15) is 0 Å². The summed E-state index contributed by atoms with van der Waals surface area (Å²) in [6, 6.07) is 0. The van der Waals surface area contributed by atoms with Crippen molar-refractivity contribution in [3.8, 4) is 0 Å². The lowest BCUT2D eigenvalue weighted by Crippen LogP contribution is -2.24. The van der Waals surface area contributed by atoms with Gasteiger partial charge in [-0.05, 0) is 24.2 Å². The zero-order valence-corrected chi connectivity index (χ0v) is 12.1. The van der Waals surface area contributed by atoms with Gasteiger partial charge in [0.25, 0.3) is 0 Å². The molecule has 0 radical (unpaired) electrons. The Hall–Kier alpha value is -1.63. The molecule has 0 spiro atoms. The van der Waals surface area contributed by atoms with Gasteiger partial charge in [-0.3, -0.25) is 5.43 Å². The quantitative estimate of drug-likeness (QED) is 0.523. The maximum Gasteiger partial charge on any atom is 0.243 e. The first-order chi connectivity index (χ1) is 8.97. The van der Waals surface area contributed by atoms with Gasteiger partial charge in [-0.1, -0.05) is 13.8 Å². The van der Waals surface area contributed by atoms with Crippen LogP contribution in [0.15, 0.2) is 0 Å². The smallest absolute Gasteiger partial charge is 0.243 e. The summed E-state index contributed by atoms with van der Waals surface area (Å²) in [5, 5.41) is 3.31. The summed E-state index contributed by atoms with van der Waals surface area (Å²) >= 11 is 0. The zero-order valence-electron chi connectivity index (χ0n) is 12.1. The molecule has 0 unspecified atom stereocenters. The molecule has 7 heteroatoms. The molecule has 0 amide bonds. The summed E-state index contributed by atoms with van der Waals surface area (Å²) in [6.07, 6.45) is 2.54. The first kappa shape index (κ1) is 13.8. The SMILES string of the molecule is CC(C)C1(CNc2nc(NN)nc(N(C)C)n2)CC1. The molecule has 0 atom stereocenters. The summed E-state index contributed by atoms with van der Waals surface area (Å²) in [7, 11) is 3.77. The molecule has 1 aromatic heterocycles. The minimum absolute atomic E-state index is 0.371.